The summed E-state index contributed by atoms with van der Waals surface area (Å²) in [6, 6.07) is 4.36. The summed E-state index contributed by atoms with van der Waals surface area (Å²) in [6.07, 6.45) is -0.440. The second-order valence-corrected chi connectivity index (χ2v) is 8.78. The Hall–Kier alpha value is -3.48. The minimum absolute atomic E-state index is 0.0240. The monoisotopic (exact) mass is 451 g/mol. The minimum Gasteiger partial charge on any atom is -0.369 e. The molecule has 3 aromatic rings. The summed E-state index contributed by atoms with van der Waals surface area (Å²) < 4.78 is 65.5. The van der Waals surface area contributed by atoms with Gasteiger partial charge in [-0.05, 0) is 24.3 Å². The molecule has 1 unspecified atom stereocenters. The summed E-state index contributed by atoms with van der Waals surface area (Å²) >= 11 is 0. The van der Waals surface area contributed by atoms with Crippen LogP contribution < -0.4 is 11.1 Å². The van der Waals surface area contributed by atoms with Crippen LogP contribution in [0.25, 0.3) is 11.0 Å². The van der Waals surface area contributed by atoms with Crippen molar-refractivity contribution in [3.63, 3.8) is 0 Å². The van der Waals surface area contributed by atoms with Crippen LogP contribution in [0.4, 0.5) is 24.7 Å². The van der Waals surface area contributed by atoms with Crippen molar-refractivity contribution < 1.29 is 21.6 Å². The number of anilines is 2. The van der Waals surface area contributed by atoms with Crippen molar-refractivity contribution in [2.75, 3.05) is 18.1 Å². The Morgan fingerprint density at radius 3 is 2.74 bits per heavy atom. The van der Waals surface area contributed by atoms with E-state index in [1.54, 1.807) is 0 Å². The number of pyridine rings is 1. The van der Waals surface area contributed by atoms with Gasteiger partial charge in [0.1, 0.15) is 17.0 Å². The van der Waals surface area contributed by atoms with E-state index >= 15 is 0 Å². The molecule has 0 amide bonds. The molecule has 1 aromatic carbocycles. The lowest BCUT2D eigenvalue weighted by molar-refractivity contribution is 0.146. The zero-order valence-corrected chi connectivity index (χ0v) is 16.8. The number of benzene rings is 1. The van der Waals surface area contributed by atoms with Gasteiger partial charge in [0.2, 0.25) is 16.0 Å². The number of nitrogens with two attached hydrogens (primary N) is 1. The Bertz CT molecular complexity index is 1300. The van der Waals surface area contributed by atoms with E-state index in [9.17, 15) is 21.6 Å². The third-order valence-electron chi connectivity index (χ3n) is 4.72. The van der Waals surface area contributed by atoms with Crippen LogP contribution in [-0.2, 0) is 10.0 Å². The van der Waals surface area contributed by atoms with E-state index in [1.807, 2.05) is 0 Å². The van der Waals surface area contributed by atoms with Gasteiger partial charge in [0.15, 0.2) is 5.82 Å². The zero-order valence-electron chi connectivity index (χ0n) is 16.0. The van der Waals surface area contributed by atoms with Gasteiger partial charge in [-0.1, -0.05) is 0 Å². The molecule has 0 fully saturated rings. The number of nitrogens with one attached hydrogen (secondary N) is 1. The van der Waals surface area contributed by atoms with Crippen molar-refractivity contribution >= 4 is 38.5 Å². The van der Waals surface area contributed by atoms with Gasteiger partial charge in [-0.2, -0.15) is 0 Å². The number of nitrogens with zero attached hydrogens (tertiary/aromatic N) is 5. The molecule has 0 bridgehead atoms. The molecule has 0 radical (unpaired) electrons. The number of hydrogen-bond acceptors (Lipinski definition) is 8. The lowest BCUT2D eigenvalue weighted by atomic mass is 10.1. The van der Waals surface area contributed by atoms with Crippen LogP contribution in [0.5, 0.6) is 0 Å². The molecule has 162 valence electrons. The van der Waals surface area contributed by atoms with E-state index < -0.39 is 39.8 Å². The van der Waals surface area contributed by atoms with Gasteiger partial charge in [-0.15, -0.1) is 0 Å². The average Bonchev–Trinajstić information content (AvgIpc) is 2.72. The second kappa shape index (κ2) is 7.65. The summed E-state index contributed by atoms with van der Waals surface area (Å²) in [6.45, 7) is 0. The molecular weight excluding hydrogens is 435 g/mol. The van der Waals surface area contributed by atoms with Gasteiger partial charge in [0.25, 0.3) is 6.43 Å². The fraction of sp³-hybridized carbons (Fsp3) is 0.222. The molecule has 0 saturated heterocycles. The van der Waals surface area contributed by atoms with Crippen molar-refractivity contribution in [1.29, 1.82) is 0 Å². The predicted molar refractivity (Wildman–Crippen MR) is 108 cm³/mol. The van der Waals surface area contributed by atoms with Gasteiger partial charge in [-0.25, -0.2) is 45.8 Å². The Labute approximate surface area is 174 Å². The summed E-state index contributed by atoms with van der Waals surface area (Å²) in [5, 5.41) is 2.94. The lowest BCUT2D eigenvalue weighted by Crippen LogP contribution is -2.45. The van der Waals surface area contributed by atoms with Gasteiger partial charge in [0, 0.05) is 24.5 Å². The minimum atomic E-state index is -3.74. The molecule has 0 aliphatic carbocycles. The van der Waals surface area contributed by atoms with Crippen LogP contribution in [0.1, 0.15) is 23.7 Å². The summed E-state index contributed by atoms with van der Waals surface area (Å²) in [5.41, 5.74) is 6.03. The molecule has 13 heteroatoms. The molecule has 1 atom stereocenters. The maximum Gasteiger partial charge on any atom is 0.281 e. The van der Waals surface area contributed by atoms with E-state index in [2.05, 4.69) is 25.3 Å². The Morgan fingerprint density at radius 1 is 1.26 bits per heavy atom. The number of rotatable bonds is 4. The molecule has 3 heterocycles. The number of guanidine groups is 1. The summed E-state index contributed by atoms with van der Waals surface area (Å²) in [4.78, 5) is 16.1. The highest BCUT2D eigenvalue weighted by molar-refractivity contribution is 7.89. The Morgan fingerprint density at radius 2 is 2.03 bits per heavy atom. The fourth-order valence-electron chi connectivity index (χ4n) is 3.06. The third kappa shape index (κ3) is 3.95. The van der Waals surface area contributed by atoms with Gasteiger partial charge >= 0.3 is 0 Å². The number of hydrogen-bond donors (Lipinski definition) is 2. The van der Waals surface area contributed by atoms with E-state index in [4.69, 9.17) is 5.73 Å². The fourth-order valence-corrected chi connectivity index (χ4v) is 4.27. The van der Waals surface area contributed by atoms with Crippen LogP contribution in [0, 0.1) is 5.82 Å². The van der Waals surface area contributed by atoms with E-state index in [-0.39, 0.29) is 28.4 Å². The van der Waals surface area contributed by atoms with Crippen molar-refractivity contribution in [3.05, 3.63) is 53.7 Å². The molecule has 4 rings (SSSR count). The highest BCUT2D eigenvalue weighted by atomic mass is 32.2. The first-order chi connectivity index (χ1) is 14.7. The van der Waals surface area contributed by atoms with Crippen LogP contribution in [-0.4, -0.2) is 46.4 Å². The zero-order chi connectivity index (χ0) is 22.3. The predicted octanol–water partition coefficient (Wildman–Crippen LogP) is 2.48. The molecule has 1 aliphatic heterocycles. The molecule has 0 spiro atoms. The molecule has 9 nitrogen and oxygen atoms in total. The van der Waals surface area contributed by atoms with Crippen LogP contribution in [0.2, 0.25) is 0 Å². The number of aromatic nitrogens is 3. The van der Waals surface area contributed by atoms with Crippen LogP contribution in [0.3, 0.4) is 0 Å². The number of fused-ring (bicyclic) bond motifs is 1. The first kappa shape index (κ1) is 20.8. The van der Waals surface area contributed by atoms with E-state index in [0.717, 1.165) is 16.6 Å². The summed E-state index contributed by atoms with van der Waals surface area (Å²) in [7, 11) is -2.47. The average molecular weight is 451 g/mol. The topological polar surface area (TPSA) is 126 Å². The largest absolute Gasteiger partial charge is 0.369 e. The summed E-state index contributed by atoms with van der Waals surface area (Å²) in [5.74, 6) is -1.13. The van der Waals surface area contributed by atoms with E-state index in [0.29, 0.717) is 5.69 Å². The van der Waals surface area contributed by atoms with Gasteiger partial charge in [-0.3, -0.25) is 0 Å². The Kier molecular flexibility index (Phi) is 5.13. The highest BCUT2D eigenvalue weighted by Gasteiger charge is 2.32. The Balaban J connectivity index is 1.70. The number of sulfonamides is 1. The molecule has 1 aliphatic rings. The van der Waals surface area contributed by atoms with E-state index in [1.165, 1.54) is 31.4 Å². The second-order valence-electron chi connectivity index (χ2n) is 6.73. The van der Waals surface area contributed by atoms with Crippen molar-refractivity contribution in [2.45, 2.75) is 12.5 Å². The first-order valence-electron chi connectivity index (χ1n) is 8.92. The van der Waals surface area contributed by atoms with Crippen molar-refractivity contribution in [3.8, 4) is 0 Å². The highest BCUT2D eigenvalue weighted by Crippen LogP contribution is 2.31. The van der Waals surface area contributed by atoms with Crippen LogP contribution >= 0.6 is 0 Å². The smallest absolute Gasteiger partial charge is 0.281 e. The SMILES string of the molecule is CN1C(N)=NC(c2cc(Nc3nccc4nc(C(F)F)cnc34)ccc2F)CS1(=O)=O. The number of halogens is 3. The standard InChI is InChI=1S/C18H16F3N7O2S/c1-28-18(22)27-14(8-31(28,29)30)10-6-9(2-3-11(10)19)25-17-15-12(4-5-23-17)26-13(7-24-15)16(20)21/h2-7,14,16H,8H2,1H3,(H2,22,27)(H,23,25). The maximum absolute atomic E-state index is 14.5. The van der Waals surface area contributed by atoms with Gasteiger partial charge in [0.05, 0.1) is 23.5 Å². The lowest BCUT2D eigenvalue weighted by Gasteiger charge is -2.27. The normalized spacial score (nSPS) is 18.3. The third-order valence-corrected chi connectivity index (χ3v) is 6.47. The maximum atomic E-state index is 14.5. The molecule has 0 saturated carbocycles. The van der Waals surface area contributed by atoms with Gasteiger partial charge < -0.3 is 11.1 Å². The molecule has 3 N–H and O–H groups in total. The van der Waals surface area contributed by atoms with Crippen molar-refractivity contribution in [1.82, 2.24) is 19.3 Å². The quantitative estimate of drug-likeness (QED) is 0.624. The van der Waals surface area contributed by atoms with Crippen LogP contribution in [0.15, 0.2) is 41.7 Å². The number of aliphatic imine (C=N–C) groups is 1. The molecule has 2 aromatic heterocycles. The molecular formula is C18H16F3N7O2S. The van der Waals surface area contributed by atoms with Crippen molar-refractivity contribution in [2.24, 2.45) is 10.7 Å². The molecule has 31 heavy (non-hydrogen) atoms. The first-order valence-corrected chi connectivity index (χ1v) is 10.5. The number of alkyl halides is 2.